The summed E-state index contributed by atoms with van der Waals surface area (Å²) < 4.78 is 5.78. The maximum absolute atomic E-state index is 5.78. The standard InChI is InChI=1S/C13H22N6O/c1-4-11(17-13(16)19-18-12(14)15)20-10-6-8(2)5-9(3)7-10/h5-7,11H,4H2,1-3H3,(H4,14,15,18)(H3,16,17,19). The van der Waals surface area contributed by atoms with Gasteiger partial charge in [-0.25, -0.2) is 10.4 Å². The van der Waals surface area contributed by atoms with Gasteiger partial charge in [0.15, 0.2) is 6.23 Å². The molecule has 0 amide bonds. The predicted octanol–water partition coefficient (Wildman–Crippen LogP) is 0.511. The normalized spacial score (nSPS) is 12.7. The largest absolute Gasteiger partial charge is 0.469 e. The number of nitrogens with zero attached hydrogens (tertiary/aromatic N) is 2. The Morgan fingerprint density at radius 2 is 1.80 bits per heavy atom. The van der Waals surface area contributed by atoms with Crippen molar-refractivity contribution in [2.45, 2.75) is 33.4 Å². The zero-order chi connectivity index (χ0) is 15.1. The van der Waals surface area contributed by atoms with Crippen molar-refractivity contribution in [3.05, 3.63) is 29.3 Å². The number of hydrogen-bond acceptors (Lipinski definition) is 3. The first kappa shape index (κ1) is 15.6. The Balaban J connectivity index is 2.76. The first-order chi connectivity index (χ1) is 9.40. The zero-order valence-electron chi connectivity index (χ0n) is 12.1. The third-order valence-electron chi connectivity index (χ3n) is 2.40. The van der Waals surface area contributed by atoms with Crippen molar-refractivity contribution in [1.82, 2.24) is 5.43 Å². The number of benzene rings is 1. The van der Waals surface area contributed by atoms with Crippen molar-refractivity contribution < 1.29 is 4.74 Å². The third-order valence-corrected chi connectivity index (χ3v) is 2.40. The molecule has 1 aromatic carbocycles. The number of nitrogens with two attached hydrogens (primary N) is 3. The summed E-state index contributed by atoms with van der Waals surface area (Å²) in [6.07, 6.45) is 0.259. The van der Waals surface area contributed by atoms with E-state index in [0.717, 1.165) is 16.9 Å². The van der Waals surface area contributed by atoms with Crippen LogP contribution in [0.1, 0.15) is 24.5 Å². The van der Waals surface area contributed by atoms with E-state index in [1.54, 1.807) is 0 Å². The van der Waals surface area contributed by atoms with Crippen molar-refractivity contribution >= 4 is 11.9 Å². The second kappa shape index (κ2) is 7.22. The molecule has 7 heteroatoms. The van der Waals surface area contributed by atoms with E-state index in [-0.39, 0.29) is 11.9 Å². The molecule has 7 nitrogen and oxygen atoms in total. The number of guanidine groups is 2. The van der Waals surface area contributed by atoms with Crippen LogP contribution < -0.4 is 27.4 Å². The molecule has 0 aliphatic heterocycles. The molecule has 7 N–H and O–H groups in total. The van der Waals surface area contributed by atoms with E-state index in [0.29, 0.717) is 6.42 Å². The Hall–Kier alpha value is -2.44. The highest BCUT2D eigenvalue weighted by molar-refractivity contribution is 5.81. The van der Waals surface area contributed by atoms with Crippen molar-refractivity contribution in [3.63, 3.8) is 0 Å². The van der Waals surface area contributed by atoms with Crippen LogP contribution in [0, 0.1) is 13.8 Å². The minimum Gasteiger partial charge on any atom is -0.469 e. The summed E-state index contributed by atoms with van der Waals surface area (Å²) in [5.74, 6) is 0.730. The Bertz CT molecular complexity index is 487. The quantitative estimate of drug-likeness (QED) is 0.355. The maximum atomic E-state index is 5.78. The summed E-state index contributed by atoms with van der Waals surface area (Å²) in [5, 5.41) is 3.56. The SMILES string of the molecule is CCC(N=C(N)NN=C(N)N)Oc1cc(C)cc(C)c1. The average Bonchev–Trinajstić information content (AvgIpc) is 2.34. The minimum atomic E-state index is -0.405. The van der Waals surface area contributed by atoms with Crippen LogP contribution in [0.4, 0.5) is 0 Å². The molecule has 0 saturated carbocycles. The van der Waals surface area contributed by atoms with Crippen molar-refractivity contribution in [3.8, 4) is 5.75 Å². The van der Waals surface area contributed by atoms with Gasteiger partial charge in [-0.1, -0.05) is 13.0 Å². The third kappa shape index (κ3) is 5.47. The van der Waals surface area contributed by atoms with Crippen LogP contribution >= 0.6 is 0 Å². The van der Waals surface area contributed by atoms with Gasteiger partial charge in [0, 0.05) is 6.42 Å². The van der Waals surface area contributed by atoms with Crippen LogP contribution in [-0.2, 0) is 0 Å². The van der Waals surface area contributed by atoms with Gasteiger partial charge in [-0.15, -0.1) is 5.10 Å². The molecule has 1 aromatic rings. The lowest BCUT2D eigenvalue weighted by molar-refractivity contribution is 0.206. The molecule has 0 saturated heterocycles. The number of nitrogens with one attached hydrogen (secondary N) is 1. The Kier molecular flexibility index (Phi) is 5.64. The summed E-state index contributed by atoms with van der Waals surface area (Å²) in [4.78, 5) is 4.16. The van der Waals surface area contributed by atoms with Crippen molar-refractivity contribution in [1.29, 1.82) is 0 Å². The van der Waals surface area contributed by atoms with Crippen LogP contribution in [-0.4, -0.2) is 18.1 Å². The fourth-order valence-corrected chi connectivity index (χ4v) is 1.66. The number of aryl methyl sites for hydroxylation is 2. The molecule has 0 aliphatic rings. The molecule has 20 heavy (non-hydrogen) atoms. The van der Waals surface area contributed by atoms with Crippen LogP contribution in [0.5, 0.6) is 5.75 Å². The number of ether oxygens (including phenoxy) is 1. The van der Waals surface area contributed by atoms with Gasteiger partial charge in [0.1, 0.15) is 5.75 Å². The summed E-state index contributed by atoms with van der Waals surface area (Å²) in [6, 6.07) is 5.97. The van der Waals surface area contributed by atoms with Gasteiger partial charge in [0.05, 0.1) is 0 Å². The average molecular weight is 278 g/mol. The van der Waals surface area contributed by atoms with Gasteiger partial charge in [-0.3, -0.25) is 0 Å². The molecule has 1 atom stereocenters. The number of aliphatic imine (C=N–C) groups is 1. The van der Waals surface area contributed by atoms with Gasteiger partial charge in [-0.2, -0.15) is 0 Å². The second-order valence-corrected chi connectivity index (χ2v) is 4.47. The number of hydrazone groups is 1. The Labute approximate surface area is 118 Å². The van der Waals surface area contributed by atoms with E-state index in [1.807, 2.05) is 32.9 Å². The molecule has 0 radical (unpaired) electrons. The fraction of sp³-hybridized carbons (Fsp3) is 0.385. The molecule has 110 valence electrons. The topological polar surface area (TPSA) is 124 Å². The van der Waals surface area contributed by atoms with Gasteiger partial charge in [0.2, 0.25) is 11.9 Å². The fourth-order valence-electron chi connectivity index (χ4n) is 1.66. The molecular weight excluding hydrogens is 256 g/mol. The van der Waals surface area contributed by atoms with E-state index in [9.17, 15) is 0 Å². The van der Waals surface area contributed by atoms with Crippen LogP contribution in [0.3, 0.4) is 0 Å². The van der Waals surface area contributed by atoms with Crippen molar-refractivity contribution in [2.24, 2.45) is 27.3 Å². The monoisotopic (exact) mass is 278 g/mol. The molecule has 0 spiro atoms. The number of hydrogen-bond donors (Lipinski definition) is 4. The lowest BCUT2D eigenvalue weighted by Gasteiger charge is -2.15. The van der Waals surface area contributed by atoms with E-state index >= 15 is 0 Å². The minimum absolute atomic E-state index is 0.0922. The van der Waals surface area contributed by atoms with Gasteiger partial charge >= 0.3 is 0 Å². The predicted molar refractivity (Wildman–Crippen MR) is 81.2 cm³/mol. The van der Waals surface area contributed by atoms with Crippen LogP contribution in [0.15, 0.2) is 28.3 Å². The molecule has 0 aromatic heterocycles. The van der Waals surface area contributed by atoms with E-state index in [1.165, 1.54) is 0 Å². The first-order valence-corrected chi connectivity index (χ1v) is 6.33. The molecule has 0 heterocycles. The summed E-state index contributed by atoms with van der Waals surface area (Å²) in [5.41, 5.74) is 20.7. The van der Waals surface area contributed by atoms with E-state index < -0.39 is 6.23 Å². The summed E-state index contributed by atoms with van der Waals surface area (Å²) in [6.45, 7) is 5.97. The highest BCUT2D eigenvalue weighted by Gasteiger charge is 2.07. The van der Waals surface area contributed by atoms with Crippen molar-refractivity contribution in [2.75, 3.05) is 0 Å². The molecule has 0 bridgehead atoms. The van der Waals surface area contributed by atoms with Gasteiger partial charge in [0.25, 0.3) is 0 Å². The van der Waals surface area contributed by atoms with Crippen LogP contribution in [0.2, 0.25) is 0 Å². The lowest BCUT2D eigenvalue weighted by Crippen LogP contribution is -2.34. The zero-order valence-corrected chi connectivity index (χ0v) is 12.1. The maximum Gasteiger partial charge on any atom is 0.213 e. The van der Waals surface area contributed by atoms with E-state index in [2.05, 4.69) is 21.6 Å². The first-order valence-electron chi connectivity index (χ1n) is 6.33. The van der Waals surface area contributed by atoms with E-state index in [4.69, 9.17) is 21.9 Å². The van der Waals surface area contributed by atoms with Crippen LogP contribution in [0.25, 0.3) is 0 Å². The van der Waals surface area contributed by atoms with Gasteiger partial charge in [-0.05, 0) is 37.1 Å². The second-order valence-electron chi connectivity index (χ2n) is 4.47. The smallest absolute Gasteiger partial charge is 0.213 e. The highest BCUT2D eigenvalue weighted by Crippen LogP contribution is 2.18. The molecule has 1 unspecified atom stereocenters. The highest BCUT2D eigenvalue weighted by atomic mass is 16.5. The number of rotatable bonds is 5. The molecule has 0 aliphatic carbocycles. The van der Waals surface area contributed by atoms with Gasteiger partial charge < -0.3 is 21.9 Å². The molecule has 0 fully saturated rings. The Morgan fingerprint density at radius 1 is 1.20 bits per heavy atom. The lowest BCUT2D eigenvalue weighted by atomic mass is 10.1. The summed E-state index contributed by atoms with van der Waals surface area (Å²) >= 11 is 0. The molecule has 1 rings (SSSR count). The summed E-state index contributed by atoms with van der Waals surface area (Å²) in [7, 11) is 0. The Morgan fingerprint density at radius 3 is 2.30 bits per heavy atom. The molecular formula is C13H22N6O.